The molecule has 0 heterocycles. The molecule has 1 saturated carbocycles. The van der Waals surface area contributed by atoms with Gasteiger partial charge in [0.25, 0.3) is 0 Å². The molecule has 94 valence electrons. The van der Waals surface area contributed by atoms with Crippen molar-refractivity contribution < 1.29 is 4.79 Å². The van der Waals surface area contributed by atoms with Gasteiger partial charge in [0.15, 0.2) is 0 Å². The van der Waals surface area contributed by atoms with Crippen LogP contribution in [0.25, 0.3) is 0 Å². The maximum Gasteiger partial charge on any atom is 0.220 e. The molecule has 16 heavy (non-hydrogen) atoms. The third kappa shape index (κ3) is 6.11. The molecule has 0 aromatic heterocycles. The molecule has 0 radical (unpaired) electrons. The molecule has 3 nitrogen and oxygen atoms in total. The Morgan fingerprint density at radius 3 is 2.56 bits per heavy atom. The van der Waals surface area contributed by atoms with Gasteiger partial charge in [0.1, 0.15) is 0 Å². The zero-order valence-electron chi connectivity index (χ0n) is 10.9. The van der Waals surface area contributed by atoms with E-state index in [9.17, 15) is 4.79 Å². The van der Waals surface area contributed by atoms with E-state index < -0.39 is 0 Å². The third-order valence-electron chi connectivity index (χ3n) is 3.09. The first-order valence-electron chi connectivity index (χ1n) is 6.41. The number of carbonyl (C=O) groups is 1. The molecule has 0 aliphatic heterocycles. The molecule has 0 spiro atoms. The third-order valence-corrected chi connectivity index (χ3v) is 3.09. The van der Waals surface area contributed by atoms with E-state index in [-0.39, 0.29) is 11.9 Å². The van der Waals surface area contributed by atoms with E-state index in [1.165, 1.54) is 12.8 Å². The number of carbonyl (C=O) groups excluding carboxylic acids is 1. The molecular weight excluding hydrogens is 200 g/mol. The van der Waals surface area contributed by atoms with Crippen molar-refractivity contribution in [3.05, 3.63) is 0 Å². The van der Waals surface area contributed by atoms with Gasteiger partial charge in [-0.2, -0.15) is 0 Å². The normalized spacial score (nSPS) is 18.2. The van der Waals surface area contributed by atoms with Gasteiger partial charge in [0.2, 0.25) is 5.91 Å². The standard InChI is InChI=1S/C13H26N2O/c1-13(2,3)8-4-5-12(16)15-9-11(14)10-6-7-10/h10-11H,4-9,14H2,1-3H3,(H,15,16). The van der Waals surface area contributed by atoms with Crippen molar-refractivity contribution in [1.82, 2.24) is 5.32 Å². The Balaban J connectivity index is 2.02. The Kier molecular flexibility index (Phi) is 4.78. The van der Waals surface area contributed by atoms with Crippen LogP contribution < -0.4 is 11.1 Å². The van der Waals surface area contributed by atoms with E-state index in [1.54, 1.807) is 0 Å². The molecular formula is C13H26N2O. The van der Waals surface area contributed by atoms with Gasteiger partial charge in [-0.25, -0.2) is 0 Å². The highest BCUT2D eigenvalue weighted by Crippen LogP contribution is 2.31. The van der Waals surface area contributed by atoms with Crippen LogP contribution in [0.5, 0.6) is 0 Å². The number of nitrogens with one attached hydrogen (secondary N) is 1. The molecule has 1 aliphatic carbocycles. The predicted octanol–water partition coefficient (Wildman–Crippen LogP) is 2.06. The monoisotopic (exact) mass is 226 g/mol. The second-order valence-electron chi connectivity index (χ2n) is 6.22. The van der Waals surface area contributed by atoms with Gasteiger partial charge in [0, 0.05) is 19.0 Å². The summed E-state index contributed by atoms with van der Waals surface area (Å²) in [4.78, 5) is 11.5. The van der Waals surface area contributed by atoms with Gasteiger partial charge >= 0.3 is 0 Å². The van der Waals surface area contributed by atoms with Crippen LogP contribution in [0.1, 0.15) is 52.9 Å². The Hall–Kier alpha value is -0.570. The number of hydrogen-bond donors (Lipinski definition) is 2. The summed E-state index contributed by atoms with van der Waals surface area (Å²) in [6.07, 6.45) is 5.17. The average molecular weight is 226 g/mol. The second kappa shape index (κ2) is 5.67. The van der Waals surface area contributed by atoms with Gasteiger partial charge in [-0.1, -0.05) is 20.8 Å². The van der Waals surface area contributed by atoms with Crippen molar-refractivity contribution in [3.8, 4) is 0 Å². The lowest BCUT2D eigenvalue weighted by Gasteiger charge is -2.17. The van der Waals surface area contributed by atoms with Crippen molar-refractivity contribution >= 4 is 5.91 Å². The van der Waals surface area contributed by atoms with E-state index in [0.29, 0.717) is 24.3 Å². The van der Waals surface area contributed by atoms with Crippen molar-refractivity contribution in [2.24, 2.45) is 17.1 Å². The molecule has 1 rings (SSSR count). The topological polar surface area (TPSA) is 55.1 Å². The molecule has 1 atom stereocenters. The van der Waals surface area contributed by atoms with Gasteiger partial charge in [-0.15, -0.1) is 0 Å². The van der Waals surface area contributed by atoms with Crippen LogP contribution in [0.4, 0.5) is 0 Å². The summed E-state index contributed by atoms with van der Waals surface area (Å²) in [7, 11) is 0. The van der Waals surface area contributed by atoms with E-state index in [4.69, 9.17) is 5.73 Å². The Bertz CT molecular complexity index is 229. The largest absolute Gasteiger partial charge is 0.355 e. The lowest BCUT2D eigenvalue weighted by atomic mass is 9.90. The van der Waals surface area contributed by atoms with Crippen LogP contribution in [0.15, 0.2) is 0 Å². The van der Waals surface area contributed by atoms with E-state index in [2.05, 4.69) is 26.1 Å². The van der Waals surface area contributed by atoms with Crippen molar-refractivity contribution in [2.45, 2.75) is 58.9 Å². The number of amides is 1. The van der Waals surface area contributed by atoms with Crippen LogP contribution in [0.3, 0.4) is 0 Å². The lowest BCUT2D eigenvalue weighted by molar-refractivity contribution is -0.121. The summed E-state index contributed by atoms with van der Waals surface area (Å²) in [6.45, 7) is 7.26. The fourth-order valence-electron chi connectivity index (χ4n) is 1.79. The summed E-state index contributed by atoms with van der Waals surface area (Å²) in [6, 6.07) is 0.173. The SMILES string of the molecule is CC(C)(C)CCCC(=O)NCC(N)C1CC1. The van der Waals surface area contributed by atoms with E-state index in [0.717, 1.165) is 12.8 Å². The maximum absolute atomic E-state index is 11.5. The Morgan fingerprint density at radius 2 is 2.06 bits per heavy atom. The lowest BCUT2D eigenvalue weighted by Crippen LogP contribution is -2.38. The fourth-order valence-corrected chi connectivity index (χ4v) is 1.79. The van der Waals surface area contributed by atoms with Crippen LogP contribution in [0, 0.1) is 11.3 Å². The van der Waals surface area contributed by atoms with Crippen molar-refractivity contribution in [3.63, 3.8) is 0 Å². The minimum atomic E-state index is 0.153. The summed E-state index contributed by atoms with van der Waals surface area (Å²) in [5, 5.41) is 2.93. The van der Waals surface area contributed by atoms with Crippen molar-refractivity contribution in [1.29, 1.82) is 0 Å². The molecule has 1 unspecified atom stereocenters. The summed E-state index contributed by atoms with van der Waals surface area (Å²) >= 11 is 0. The van der Waals surface area contributed by atoms with Gasteiger partial charge < -0.3 is 11.1 Å². The first kappa shape index (κ1) is 13.5. The van der Waals surface area contributed by atoms with E-state index >= 15 is 0 Å². The smallest absolute Gasteiger partial charge is 0.220 e. The molecule has 0 bridgehead atoms. The first-order chi connectivity index (χ1) is 7.38. The van der Waals surface area contributed by atoms with Gasteiger partial charge in [-0.3, -0.25) is 4.79 Å². The second-order valence-corrected chi connectivity index (χ2v) is 6.22. The first-order valence-corrected chi connectivity index (χ1v) is 6.41. The fraction of sp³-hybridized carbons (Fsp3) is 0.923. The predicted molar refractivity (Wildman–Crippen MR) is 67.0 cm³/mol. The number of nitrogens with two attached hydrogens (primary N) is 1. The zero-order chi connectivity index (χ0) is 12.2. The molecule has 3 heteroatoms. The minimum absolute atomic E-state index is 0.153. The summed E-state index contributed by atoms with van der Waals surface area (Å²) < 4.78 is 0. The van der Waals surface area contributed by atoms with Crippen LogP contribution in [-0.2, 0) is 4.79 Å². The maximum atomic E-state index is 11.5. The molecule has 0 saturated heterocycles. The molecule has 3 N–H and O–H groups in total. The van der Waals surface area contributed by atoms with Crippen LogP contribution in [0.2, 0.25) is 0 Å². The van der Waals surface area contributed by atoms with E-state index in [1.807, 2.05) is 0 Å². The zero-order valence-corrected chi connectivity index (χ0v) is 10.9. The minimum Gasteiger partial charge on any atom is -0.355 e. The molecule has 1 fully saturated rings. The number of hydrogen-bond acceptors (Lipinski definition) is 2. The molecule has 0 aromatic carbocycles. The highest BCUT2D eigenvalue weighted by molar-refractivity contribution is 5.75. The summed E-state index contributed by atoms with van der Waals surface area (Å²) in [5.41, 5.74) is 6.23. The quantitative estimate of drug-likeness (QED) is 0.728. The average Bonchev–Trinajstić information content (AvgIpc) is 2.95. The molecule has 1 aliphatic rings. The Morgan fingerprint density at radius 1 is 1.44 bits per heavy atom. The highest BCUT2D eigenvalue weighted by atomic mass is 16.1. The van der Waals surface area contributed by atoms with Crippen LogP contribution in [-0.4, -0.2) is 18.5 Å². The number of rotatable bonds is 6. The molecule has 0 aromatic rings. The van der Waals surface area contributed by atoms with Gasteiger partial charge in [0.05, 0.1) is 0 Å². The summed E-state index contributed by atoms with van der Waals surface area (Å²) in [5.74, 6) is 0.815. The Labute approximate surface area is 99.2 Å². The molecule has 1 amide bonds. The van der Waals surface area contributed by atoms with Crippen LogP contribution >= 0.6 is 0 Å². The van der Waals surface area contributed by atoms with Gasteiger partial charge in [-0.05, 0) is 37.0 Å². The highest BCUT2D eigenvalue weighted by Gasteiger charge is 2.28. The van der Waals surface area contributed by atoms with Crippen molar-refractivity contribution in [2.75, 3.05) is 6.54 Å².